The van der Waals surface area contributed by atoms with Crippen molar-refractivity contribution in [3.63, 3.8) is 0 Å². The summed E-state index contributed by atoms with van der Waals surface area (Å²) in [5.41, 5.74) is 1.46. The van der Waals surface area contributed by atoms with E-state index in [-0.39, 0.29) is 18.9 Å². The third kappa shape index (κ3) is 4.87. The molecule has 0 atom stereocenters. The minimum atomic E-state index is -0.443. The van der Waals surface area contributed by atoms with Crippen molar-refractivity contribution in [2.24, 2.45) is 5.92 Å². The van der Waals surface area contributed by atoms with Gasteiger partial charge in [-0.15, -0.1) is 0 Å². The van der Waals surface area contributed by atoms with E-state index in [1.54, 1.807) is 0 Å². The molecule has 1 amide bonds. The molecule has 0 radical (unpaired) electrons. The molecule has 0 bridgehead atoms. The van der Waals surface area contributed by atoms with Crippen molar-refractivity contribution in [2.45, 2.75) is 26.7 Å². The van der Waals surface area contributed by atoms with Gasteiger partial charge in [-0.05, 0) is 18.1 Å². The molecule has 118 valence electrons. The van der Waals surface area contributed by atoms with Crippen molar-refractivity contribution < 1.29 is 18.7 Å². The Labute approximate surface area is 128 Å². The van der Waals surface area contributed by atoms with Gasteiger partial charge in [0, 0.05) is 13.0 Å². The zero-order valence-electron chi connectivity index (χ0n) is 12.8. The van der Waals surface area contributed by atoms with E-state index >= 15 is 0 Å². The van der Waals surface area contributed by atoms with Gasteiger partial charge in [0.25, 0.3) is 5.91 Å². The normalized spacial score (nSPS) is 10.9. The molecule has 0 unspecified atom stereocenters. The molecule has 0 saturated heterocycles. The molecule has 1 heterocycles. The highest BCUT2D eigenvalue weighted by Crippen LogP contribution is 2.15. The highest BCUT2D eigenvalue weighted by Gasteiger charge is 2.11. The largest absolute Gasteiger partial charge is 0.456 e. The van der Waals surface area contributed by atoms with Crippen molar-refractivity contribution in [2.75, 3.05) is 13.2 Å². The van der Waals surface area contributed by atoms with Crippen molar-refractivity contribution in [1.29, 1.82) is 0 Å². The van der Waals surface area contributed by atoms with Crippen LogP contribution in [0.15, 0.2) is 28.7 Å². The summed E-state index contributed by atoms with van der Waals surface area (Å²) < 4.78 is 10.4. The SMILES string of the molecule is CC(C)CNC(=O)COC(=O)CCc1nc2ccccc2o1. The van der Waals surface area contributed by atoms with Crippen LogP contribution in [0.2, 0.25) is 0 Å². The monoisotopic (exact) mass is 304 g/mol. The maximum atomic E-state index is 11.6. The first-order valence-corrected chi connectivity index (χ1v) is 7.31. The van der Waals surface area contributed by atoms with E-state index in [4.69, 9.17) is 9.15 Å². The van der Waals surface area contributed by atoms with Gasteiger partial charge in [0.15, 0.2) is 18.1 Å². The van der Waals surface area contributed by atoms with Crippen LogP contribution in [-0.4, -0.2) is 30.0 Å². The quantitative estimate of drug-likeness (QED) is 0.792. The van der Waals surface area contributed by atoms with Crippen molar-refractivity contribution in [1.82, 2.24) is 10.3 Å². The Bertz CT molecular complexity index is 615. The molecule has 6 nitrogen and oxygen atoms in total. The van der Waals surface area contributed by atoms with Crippen LogP contribution in [0.5, 0.6) is 0 Å². The van der Waals surface area contributed by atoms with Crippen LogP contribution in [0.4, 0.5) is 0 Å². The molecule has 0 spiro atoms. The van der Waals surface area contributed by atoms with Gasteiger partial charge in [-0.25, -0.2) is 4.98 Å². The zero-order valence-corrected chi connectivity index (χ0v) is 12.8. The number of benzene rings is 1. The van der Waals surface area contributed by atoms with Crippen LogP contribution in [0.25, 0.3) is 11.1 Å². The topological polar surface area (TPSA) is 81.4 Å². The third-order valence-electron chi connectivity index (χ3n) is 2.95. The molecule has 22 heavy (non-hydrogen) atoms. The smallest absolute Gasteiger partial charge is 0.306 e. The van der Waals surface area contributed by atoms with Gasteiger partial charge in [-0.2, -0.15) is 0 Å². The highest BCUT2D eigenvalue weighted by atomic mass is 16.5. The molecule has 1 N–H and O–H groups in total. The Hall–Kier alpha value is -2.37. The van der Waals surface area contributed by atoms with Gasteiger partial charge in [-0.3, -0.25) is 9.59 Å². The van der Waals surface area contributed by atoms with Crippen LogP contribution in [-0.2, 0) is 20.7 Å². The number of oxazole rings is 1. The molecule has 0 aliphatic heterocycles. The fourth-order valence-electron chi connectivity index (χ4n) is 1.82. The highest BCUT2D eigenvalue weighted by molar-refractivity contribution is 5.80. The van der Waals surface area contributed by atoms with Gasteiger partial charge in [0.1, 0.15) is 5.52 Å². The molecule has 2 rings (SSSR count). The lowest BCUT2D eigenvalue weighted by Crippen LogP contribution is -2.31. The second kappa shape index (κ2) is 7.59. The molecule has 6 heteroatoms. The van der Waals surface area contributed by atoms with Gasteiger partial charge in [-0.1, -0.05) is 26.0 Å². The Morgan fingerprint density at radius 2 is 2.09 bits per heavy atom. The zero-order chi connectivity index (χ0) is 15.9. The molecule has 0 saturated carbocycles. The van der Waals surface area contributed by atoms with Crippen molar-refractivity contribution in [3.8, 4) is 0 Å². The summed E-state index contributed by atoms with van der Waals surface area (Å²) in [6.07, 6.45) is 0.478. The molecular formula is C16H20N2O4. The third-order valence-corrected chi connectivity index (χ3v) is 2.95. The Kier molecular flexibility index (Phi) is 5.52. The van der Waals surface area contributed by atoms with Crippen LogP contribution in [0, 0.1) is 5.92 Å². The number of esters is 1. The average Bonchev–Trinajstić information content (AvgIpc) is 2.91. The summed E-state index contributed by atoms with van der Waals surface area (Å²) in [6, 6.07) is 7.41. The number of carbonyl (C=O) groups is 2. The van der Waals surface area contributed by atoms with E-state index in [0.717, 1.165) is 5.52 Å². The van der Waals surface area contributed by atoms with E-state index in [0.29, 0.717) is 30.4 Å². The van der Waals surface area contributed by atoms with Crippen LogP contribution < -0.4 is 5.32 Å². The van der Waals surface area contributed by atoms with Crippen molar-refractivity contribution in [3.05, 3.63) is 30.2 Å². The molecule has 1 aromatic carbocycles. The Morgan fingerprint density at radius 1 is 1.32 bits per heavy atom. The minimum Gasteiger partial charge on any atom is -0.456 e. The van der Waals surface area contributed by atoms with Crippen molar-refractivity contribution >= 4 is 23.0 Å². The number of fused-ring (bicyclic) bond motifs is 1. The Balaban J connectivity index is 1.72. The number of amides is 1. The summed E-state index contributed by atoms with van der Waals surface area (Å²) in [4.78, 5) is 27.3. The number of ether oxygens (including phenoxy) is 1. The number of aromatic nitrogens is 1. The molecule has 2 aromatic rings. The predicted octanol–water partition coefficient (Wildman–Crippen LogP) is 2.08. The fourth-order valence-corrected chi connectivity index (χ4v) is 1.82. The van der Waals surface area contributed by atoms with Crippen LogP contribution in [0.3, 0.4) is 0 Å². The van der Waals surface area contributed by atoms with Gasteiger partial charge >= 0.3 is 5.97 Å². The number of rotatable bonds is 7. The maximum Gasteiger partial charge on any atom is 0.306 e. The number of carbonyl (C=O) groups excluding carboxylic acids is 2. The summed E-state index contributed by atoms with van der Waals surface area (Å²) in [5, 5.41) is 2.68. The lowest BCUT2D eigenvalue weighted by molar-refractivity contribution is -0.148. The number of aryl methyl sites for hydroxylation is 1. The summed E-state index contributed by atoms with van der Waals surface area (Å²) in [7, 11) is 0. The summed E-state index contributed by atoms with van der Waals surface area (Å²) in [5.74, 6) is 0.118. The van der Waals surface area contributed by atoms with E-state index in [1.807, 2.05) is 38.1 Å². The average molecular weight is 304 g/mol. The molecule has 0 fully saturated rings. The maximum absolute atomic E-state index is 11.6. The van der Waals surface area contributed by atoms with Crippen LogP contribution in [0.1, 0.15) is 26.2 Å². The summed E-state index contributed by atoms with van der Waals surface area (Å²) >= 11 is 0. The molecule has 0 aliphatic carbocycles. The van der Waals surface area contributed by atoms with Crippen LogP contribution >= 0.6 is 0 Å². The molecular weight excluding hydrogens is 284 g/mol. The van der Waals surface area contributed by atoms with Gasteiger partial charge in [0.2, 0.25) is 0 Å². The lowest BCUT2D eigenvalue weighted by Gasteiger charge is -2.07. The number of hydrogen-bond donors (Lipinski definition) is 1. The Morgan fingerprint density at radius 3 is 2.82 bits per heavy atom. The minimum absolute atomic E-state index is 0.129. The van der Waals surface area contributed by atoms with E-state index < -0.39 is 5.97 Å². The van der Waals surface area contributed by atoms with E-state index in [2.05, 4.69) is 10.3 Å². The first-order chi connectivity index (χ1) is 10.5. The van der Waals surface area contributed by atoms with E-state index in [1.165, 1.54) is 0 Å². The molecule has 0 aliphatic rings. The van der Waals surface area contributed by atoms with Gasteiger partial charge in [0.05, 0.1) is 6.42 Å². The lowest BCUT2D eigenvalue weighted by atomic mass is 10.2. The second-order valence-corrected chi connectivity index (χ2v) is 5.43. The number of nitrogens with one attached hydrogen (secondary N) is 1. The predicted molar refractivity (Wildman–Crippen MR) is 81.1 cm³/mol. The summed E-state index contributed by atoms with van der Waals surface area (Å²) in [6.45, 7) is 4.30. The van der Waals surface area contributed by atoms with E-state index in [9.17, 15) is 9.59 Å². The molecule has 1 aromatic heterocycles. The first-order valence-electron chi connectivity index (χ1n) is 7.31. The fraction of sp³-hybridized carbons (Fsp3) is 0.438. The second-order valence-electron chi connectivity index (χ2n) is 5.43. The number of para-hydroxylation sites is 2. The first kappa shape index (κ1) is 16.0. The van der Waals surface area contributed by atoms with Gasteiger partial charge < -0.3 is 14.5 Å². The number of nitrogens with zero attached hydrogens (tertiary/aromatic N) is 1. The number of hydrogen-bond acceptors (Lipinski definition) is 5. The standard InChI is InChI=1S/C16H20N2O4/c1-11(2)9-17-14(19)10-21-16(20)8-7-15-18-12-5-3-4-6-13(12)22-15/h3-6,11H,7-10H2,1-2H3,(H,17,19).